The molecule has 15 heteroatoms. The summed E-state index contributed by atoms with van der Waals surface area (Å²) in [6.07, 6.45) is -4.51. The van der Waals surface area contributed by atoms with Crippen molar-refractivity contribution in [2.75, 3.05) is 13.6 Å². The van der Waals surface area contributed by atoms with Gasteiger partial charge in [0.2, 0.25) is 0 Å². The van der Waals surface area contributed by atoms with Crippen molar-refractivity contribution in [1.82, 2.24) is 19.4 Å². The van der Waals surface area contributed by atoms with E-state index in [1.165, 1.54) is 0 Å². The zero-order chi connectivity index (χ0) is 27.0. The lowest BCUT2D eigenvalue weighted by Crippen LogP contribution is -2.34. The Morgan fingerprint density at radius 3 is 2.06 bits per heavy atom. The van der Waals surface area contributed by atoms with Crippen LogP contribution in [-0.2, 0) is 34.1 Å². The largest absolute Gasteiger partial charge is 0.490 e. The van der Waals surface area contributed by atoms with E-state index in [9.17, 15) is 26.3 Å². The van der Waals surface area contributed by atoms with Crippen molar-refractivity contribution in [1.29, 1.82) is 0 Å². The molecule has 35 heavy (non-hydrogen) atoms. The molecule has 196 valence electrons. The Labute approximate surface area is 196 Å². The average molecular weight is 514 g/mol. The van der Waals surface area contributed by atoms with E-state index in [4.69, 9.17) is 24.5 Å². The number of imidazole rings is 1. The molecule has 9 nitrogen and oxygen atoms in total. The van der Waals surface area contributed by atoms with Gasteiger partial charge < -0.3 is 19.5 Å². The number of pyridine rings is 1. The van der Waals surface area contributed by atoms with Gasteiger partial charge in [-0.25, -0.2) is 14.6 Å². The molecule has 2 aromatic heterocycles. The topological polar surface area (TPSA) is 118 Å². The summed E-state index contributed by atoms with van der Waals surface area (Å²) in [6.45, 7) is 7.46. The van der Waals surface area contributed by atoms with E-state index in [1.807, 2.05) is 25.5 Å². The normalized spacial score (nSPS) is 15.7. The fraction of sp³-hybridized carbons (Fsp3) is 0.500. The van der Waals surface area contributed by atoms with Gasteiger partial charge in [0.25, 0.3) is 0 Å². The Morgan fingerprint density at radius 2 is 1.57 bits per heavy atom. The third-order valence-corrected chi connectivity index (χ3v) is 4.62. The van der Waals surface area contributed by atoms with Gasteiger partial charge in [-0.05, 0) is 32.0 Å². The number of fused-ring (bicyclic) bond motifs is 1. The van der Waals surface area contributed by atoms with Crippen LogP contribution >= 0.6 is 0 Å². The molecule has 0 amide bonds. The number of aliphatic carboxylic acids is 2. The van der Waals surface area contributed by atoms with Gasteiger partial charge in [-0.1, -0.05) is 6.07 Å². The molecule has 1 unspecified atom stereocenters. The second kappa shape index (κ2) is 12.5. The number of carboxylic acids is 2. The first-order valence-corrected chi connectivity index (χ1v) is 9.87. The first kappa shape index (κ1) is 29.8. The lowest BCUT2D eigenvalue weighted by atomic mass is 10.2. The number of carbonyl (C=O) groups is 2. The van der Waals surface area contributed by atoms with Gasteiger partial charge in [-0.3, -0.25) is 9.88 Å². The molecule has 0 aromatic carbocycles. The number of hydrogen-bond acceptors (Lipinski definition) is 6. The molecule has 1 aliphatic rings. The predicted molar refractivity (Wildman–Crippen MR) is 108 cm³/mol. The van der Waals surface area contributed by atoms with E-state index in [-0.39, 0.29) is 0 Å². The van der Waals surface area contributed by atoms with Crippen molar-refractivity contribution in [3.8, 4) is 0 Å². The van der Waals surface area contributed by atoms with Crippen LogP contribution in [0.1, 0.15) is 35.6 Å². The maximum atomic E-state index is 10.6. The van der Waals surface area contributed by atoms with Crippen molar-refractivity contribution < 1.29 is 50.9 Å². The van der Waals surface area contributed by atoms with Gasteiger partial charge in [0, 0.05) is 25.5 Å². The number of likely N-dealkylation sites (N-methyl/N-ethyl adjacent to an activating group) is 1. The SMILES string of the molecule is Cc1cncc(COCc2cnc3n2CCN(C)C3C)c1.O=C(O)C(F)(F)F.O=C(O)C(F)(F)F. The van der Waals surface area contributed by atoms with E-state index in [2.05, 4.69) is 39.5 Å². The van der Waals surface area contributed by atoms with Crippen molar-refractivity contribution in [3.63, 3.8) is 0 Å². The zero-order valence-electron chi connectivity index (χ0n) is 18.9. The van der Waals surface area contributed by atoms with Crippen LogP contribution < -0.4 is 0 Å². The fourth-order valence-electron chi connectivity index (χ4n) is 2.75. The molecule has 0 radical (unpaired) electrons. The van der Waals surface area contributed by atoms with Gasteiger partial charge in [0.05, 0.1) is 31.1 Å². The third-order valence-electron chi connectivity index (χ3n) is 4.62. The minimum absolute atomic E-state index is 0.369. The smallest absolute Gasteiger partial charge is 0.475 e. The van der Waals surface area contributed by atoms with Crippen LogP contribution in [0.4, 0.5) is 26.3 Å². The molecule has 3 rings (SSSR count). The number of alkyl halides is 6. The molecule has 0 fully saturated rings. The van der Waals surface area contributed by atoms with Gasteiger partial charge in [0.1, 0.15) is 5.82 Å². The Bertz CT molecular complexity index is 969. The van der Waals surface area contributed by atoms with Crippen molar-refractivity contribution in [2.24, 2.45) is 0 Å². The molecular formula is C20H24F6N4O5. The third kappa shape index (κ3) is 9.90. The van der Waals surface area contributed by atoms with E-state index in [1.54, 1.807) is 0 Å². The minimum atomic E-state index is -5.08. The first-order chi connectivity index (χ1) is 16.0. The molecule has 0 spiro atoms. The van der Waals surface area contributed by atoms with Crippen LogP contribution in [0.5, 0.6) is 0 Å². The number of halogens is 6. The summed E-state index contributed by atoms with van der Waals surface area (Å²) >= 11 is 0. The molecule has 2 aromatic rings. The standard InChI is InChI=1S/C16H22N4O.2C2HF3O2/c1-12-6-14(8-17-7-12)10-21-11-15-9-18-16-13(2)19(3)4-5-20(15)16;2*3-2(4,5)1(6)7/h6-9,13H,4-5,10-11H2,1-3H3;2*(H,6,7). The van der Waals surface area contributed by atoms with Crippen LogP contribution in [0.15, 0.2) is 24.7 Å². The molecule has 0 aliphatic carbocycles. The summed E-state index contributed by atoms with van der Waals surface area (Å²) in [4.78, 5) is 28.9. The fourth-order valence-corrected chi connectivity index (χ4v) is 2.75. The maximum absolute atomic E-state index is 10.6. The predicted octanol–water partition coefficient (Wildman–Crippen LogP) is 3.58. The number of nitrogens with zero attached hydrogens (tertiary/aromatic N) is 4. The molecule has 0 saturated carbocycles. The van der Waals surface area contributed by atoms with Gasteiger partial charge in [-0.2, -0.15) is 26.3 Å². The Balaban J connectivity index is 0.000000362. The summed E-state index contributed by atoms with van der Waals surface area (Å²) in [5.41, 5.74) is 3.43. The lowest BCUT2D eigenvalue weighted by Gasteiger charge is -2.31. The molecule has 1 aliphatic heterocycles. The summed E-state index contributed by atoms with van der Waals surface area (Å²) in [5, 5.41) is 14.2. The zero-order valence-corrected chi connectivity index (χ0v) is 18.9. The second-order valence-corrected chi connectivity index (χ2v) is 7.39. The highest BCUT2D eigenvalue weighted by Gasteiger charge is 2.38. The molecule has 0 saturated heterocycles. The summed E-state index contributed by atoms with van der Waals surface area (Å²) in [6, 6.07) is 2.48. The van der Waals surface area contributed by atoms with E-state index < -0.39 is 24.3 Å². The minimum Gasteiger partial charge on any atom is -0.475 e. The second-order valence-electron chi connectivity index (χ2n) is 7.39. The Morgan fingerprint density at radius 1 is 1.03 bits per heavy atom. The highest BCUT2D eigenvalue weighted by Crippen LogP contribution is 2.24. The van der Waals surface area contributed by atoms with Crippen molar-refractivity contribution in [3.05, 3.63) is 47.3 Å². The number of aryl methyl sites for hydroxylation is 1. The number of hydrogen-bond donors (Lipinski definition) is 2. The Kier molecular flexibility index (Phi) is 10.6. The molecule has 0 bridgehead atoms. The van der Waals surface area contributed by atoms with Crippen molar-refractivity contribution >= 4 is 11.9 Å². The summed E-state index contributed by atoms with van der Waals surface area (Å²) < 4.78 is 71.6. The van der Waals surface area contributed by atoms with Crippen LogP contribution in [0.3, 0.4) is 0 Å². The van der Waals surface area contributed by atoms with Crippen LogP contribution in [0, 0.1) is 6.92 Å². The molecule has 1 atom stereocenters. The average Bonchev–Trinajstić information content (AvgIpc) is 3.14. The lowest BCUT2D eigenvalue weighted by molar-refractivity contribution is -0.193. The number of rotatable bonds is 4. The number of ether oxygens (including phenoxy) is 1. The van der Waals surface area contributed by atoms with E-state index in [0.29, 0.717) is 19.3 Å². The monoisotopic (exact) mass is 514 g/mol. The quantitative estimate of drug-likeness (QED) is 0.595. The molecule has 3 heterocycles. The summed E-state index contributed by atoms with van der Waals surface area (Å²) in [5.74, 6) is -4.38. The first-order valence-electron chi connectivity index (χ1n) is 9.87. The highest BCUT2D eigenvalue weighted by molar-refractivity contribution is 5.73. The van der Waals surface area contributed by atoms with E-state index in [0.717, 1.165) is 35.7 Å². The van der Waals surface area contributed by atoms with E-state index >= 15 is 0 Å². The van der Waals surface area contributed by atoms with Crippen molar-refractivity contribution in [2.45, 2.75) is 52.0 Å². The van der Waals surface area contributed by atoms with Crippen LogP contribution in [0.2, 0.25) is 0 Å². The van der Waals surface area contributed by atoms with Crippen LogP contribution in [0.25, 0.3) is 0 Å². The number of carboxylic acid groups (broad SMARTS) is 2. The van der Waals surface area contributed by atoms with Gasteiger partial charge in [-0.15, -0.1) is 0 Å². The molecule has 2 N–H and O–H groups in total. The highest BCUT2D eigenvalue weighted by atomic mass is 19.4. The maximum Gasteiger partial charge on any atom is 0.490 e. The van der Waals surface area contributed by atoms with Crippen LogP contribution in [-0.4, -0.2) is 67.5 Å². The van der Waals surface area contributed by atoms with Gasteiger partial charge in [0.15, 0.2) is 0 Å². The van der Waals surface area contributed by atoms with Gasteiger partial charge >= 0.3 is 24.3 Å². The number of aromatic nitrogens is 3. The summed E-state index contributed by atoms with van der Waals surface area (Å²) in [7, 11) is 2.14. The Hall–Kier alpha value is -3.20. The molecular weight excluding hydrogens is 490 g/mol.